The van der Waals surface area contributed by atoms with Crippen molar-refractivity contribution in [3.05, 3.63) is 0 Å². The van der Waals surface area contributed by atoms with Crippen LogP contribution in [0.1, 0.15) is 39.5 Å². The summed E-state index contributed by atoms with van der Waals surface area (Å²) in [6.07, 6.45) is 5.55. The average molecular weight is 382 g/mol. The zero-order valence-corrected chi connectivity index (χ0v) is 15.2. The number of guanidine groups is 1. The van der Waals surface area contributed by atoms with E-state index in [0.29, 0.717) is 5.92 Å². The highest BCUT2D eigenvalue weighted by Gasteiger charge is 2.18. The van der Waals surface area contributed by atoms with Gasteiger partial charge in [-0.05, 0) is 25.8 Å². The summed E-state index contributed by atoms with van der Waals surface area (Å²) in [5.74, 6) is 1.56. The molecular formula is C14H31IN4. The Hall–Kier alpha value is -0.0400. The largest absolute Gasteiger partial charge is 0.356 e. The van der Waals surface area contributed by atoms with Gasteiger partial charge in [0, 0.05) is 32.7 Å². The lowest BCUT2D eigenvalue weighted by molar-refractivity contribution is 0.249. The van der Waals surface area contributed by atoms with E-state index in [1.165, 1.54) is 25.7 Å². The Labute approximate surface area is 135 Å². The second-order valence-electron chi connectivity index (χ2n) is 5.69. The van der Waals surface area contributed by atoms with Crippen molar-refractivity contribution in [2.45, 2.75) is 45.6 Å². The van der Waals surface area contributed by atoms with Crippen LogP contribution in [0.5, 0.6) is 0 Å². The molecule has 5 heteroatoms. The lowest BCUT2D eigenvalue weighted by atomic mass is 10.2. The van der Waals surface area contributed by atoms with Crippen LogP contribution in [0.25, 0.3) is 0 Å². The van der Waals surface area contributed by atoms with Crippen LogP contribution in [0.15, 0.2) is 4.99 Å². The molecule has 0 aromatic rings. The fourth-order valence-corrected chi connectivity index (χ4v) is 2.40. The topological polar surface area (TPSA) is 39.7 Å². The van der Waals surface area contributed by atoms with Gasteiger partial charge in [-0.1, -0.05) is 26.7 Å². The van der Waals surface area contributed by atoms with Crippen molar-refractivity contribution in [2.24, 2.45) is 10.9 Å². The molecule has 0 radical (unpaired) electrons. The zero-order valence-electron chi connectivity index (χ0n) is 12.9. The minimum atomic E-state index is 0. The maximum Gasteiger partial charge on any atom is 0.191 e. The first-order valence-electron chi connectivity index (χ1n) is 7.28. The van der Waals surface area contributed by atoms with E-state index in [0.717, 1.165) is 31.6 Å². The van der Waals surface area contributed by atoms with Crippen molar-refractivity contribution in [3.63, 3.8) is 0 Å². The lowest BCUT2D eigenvalue weighted by Gasteiger charge is -2.24. The highest BCUT2D eigenvalue weighted by molar-refractivity contribution is 14.0. The second-order valence-corrected chi connectivity index (χ2v) is 5.69. The van der Waals surface area contributed by atoms with Gasteiger partial charge in [-0.25, -0.2) is 0 Å². The summed E-state index contributed by atoms with van der Waals surface area (Å²) in [5, 5.41) is 6.71. The van der Waals surface area contributed by atoms with E-state index in [-0.39, 0.29) is 24.0 Å². The van der Waals surface area contributed by atoms with Gasteiger partial charge in [0.25, 0.3) is 0 Å². The van der Waals surface area contributed by atoms with E-state index in [9.17, 15) is 0 Å². The molecule has 1 fully saturated rings. The van der Waals surface area contributed by atoms with Gasteiger partial charge in [-0.15, -0.1) is 24.0 Å². The Morgan fingerprint density at radius 2 is 1.89 bits per heavy atom. The van der Waals surface area contributed by atoms with Gasteiger partial charge >= 0.3 is 0 Å². The second kappa shape index (κ2) is 10.7. The van der Waals surface area contributed by atoms with Crippen molar-refractivity contribution in [2.75, 3.05) is 33.7 Å². The minimum absolute atomic E-state index is 0. The predicted molar refractivity (Wildman–Crippen MR) is 94.5 cm³/mol. The minimum Gasteiger partial charge on any atom is -0.356 e. The SMILES string of the molecule is CN=C(NCCN(C)C1CCCC1)NCC(C)C.I. The summed E-state index contributed by atoms with van der Waals surface area (Å²) < 4.78 is 0. The molecule has 0 aliphatic heterocycles. The van der Waals surface area contributed by atoms with Crippen LogP contribution >= 0.6 is 24.0 Å². The number of nitrogens with one attached hydrogen (secondary N) is 2. The standard InChI is InChI=1S/C14H30N4.HI/c1-12(2)11-17-14(15-3)16-9-10-18(4)13-7-5-6-8-13;/h12-13H,5-11H2,1-4H3,(H2,15,16,17);1H. The number of nitrogens with zero attached hydrogens (tertiary/aromatic N) is 2. The monoisotopic (exact) mass is 382 g/mol. The van der Waals surface area contributed by atoms with Crippen LogP contribution < -0.4 is 10.6 Å². The highest BCUT2D eigenvalue weighted by Crippen LogP contribution is 2.21. The van der Waals surface area contributed by atoms with Crippen LogP contribution in [0, 0.1) is 5.92 Å². The Kier molecular flexibility index (Phi) is 10.7. The third kappa shape index (κ3) is 7.97. The number of hydrogen-bond acceptors (Lipinski definition) is 2. The first-order valence-corrected chi connectivity index (χ1v) is 7.28. The van der Waals surface area contributed by atoms with Crippen molar-refractivity contribution in [1.82, 2.24) is 15.5 Å². The molecule has 0 aromatic carbocycles. The van der Waals surface area contributed by atoms with E-state index in [4.69, 9.17) is 0 Å². The highest BCUT2D eigenvalue weighted by atomic mass is 127. The Bertz CT molecular complexity index is 250. The molecule has 0 saturated heterocycles. The van der Waals surface area contributed by atoms with E-state index in [1.807, 2.05) is 7.05 Å². The first kappa shape index (κ1) is 19.0. The Morgan fingerprint density at radius 3 is 2.42 bits per heavy atom. The molecule has 1 aliphatic carbocycles. The molecule has 114 valence electrons. The van der Waals surface area contributed by atoms with Gasteiger partial charge in [-0.3, -0.25) is 4.99 Å². The van der Waals surface area contributed by atoms with Gasteiger partial charge in [0.05, 0.1) is 0 Å². The molecule has 0 aromatic heterocycles. The molecule has 19 heavy (non-hydrogen) atoms. The van der Waals surface area contributed by atoms with Crippen LogP contribution in [-0.4, -0.2) is 50.6 Å². The van der Waals surface area contributed by atoms with Crippen LogP contribution in [0.2, 0.25) is 0 Å². The van der Waals surface area contributed by atoms with Crippen molar-refractivity contribution in [3.8, 4) is 0 Å². The molecule has 0 atom stereocenters. The number of aliphatic imine (C=N–C) groups is 1. The maximum absolute atomic E-state index is 4.23. The van der Waals surface area contributed by atoms with E-state index >= 15 is 0 Å². The van der Waals surface area contributed by atoms with E-state index in [1.54, 1.807) is 0 Å². The van der Waals surface area contributed by atoms with Gasteiger partial charge < -0.3 is 15.5 Å². The van der Waals surface area contributed by atoms with Crippen molar-refractivity contribution < 1.29 is 0 Å². The summed E-state index contributed by atoms with van der Waals surface area (Å²) in [6.45, 7) is 7.43. The zero-order chi connectivity index (χ0) is 13.4. The van der Waals surface area contributed by atoms with Gasteiger partial charge in [0.1, 0.15) is 0 Å². The molecule has 1 rings (SSSR count). The molecule has 4 nitrogen and oxygen atoms in total. The fraction of sp³-hybridized carbons (Fsp3) is 0.929. The number of hydrogen-bond donors (Lipinski definition) is 2. The predicted octanol–water partition coefficient (Wildman–Crippen LogP) is 2.30. The average Bonchev–Trinajstić information content (AvgIpc) is 2.86. The molecule has 0 spiro atoms. The summed E-state index contributed by atoms with van der Waals surface area (Å²) in [6, 6.07) is 0.803. The number of rotatable bonds is 6. The van der Waals surface area contributed by atoms with Gasteiger partial charge in [0.2, 0.25) is 0 Å². The van der Waals surface area contributed by atoms with Crippen LogP contribution in [-0.2, 0) is 0 Å². The first-order chi connectivity index (χ1) is 8.63. The van der Waals surface area contributed by atoms with Crippen LogP contribution in [0.3, 0.4) is 0 Å². The normalized spacial score (nSPS) is 16.8. The third-order valence-electron chi connectivity index (χ3n) is 3.61. The molecular weight excluding hydrogens is 351 g/mol. The summed E-state index contributed by atoms with van der Waals surface area (Å²) >= 11 is 0. The van der Waals surface area contributed by atoms with E-state index < -0.39 is 0 Å². The fourth-order valence-electron chi connectivity index (χ4n) is 2.40. The van der Waals surface area contributed by atoms with Crippen molar-refractivity contribution in [1.29, 1.82) is 0 Å². The molecule has 0 amide bonds. The molecule has 1 saturated carbocycles. The third-order valence-corrected chi connectivity index (χ3v) is 3.61. The molecule has 1 aliphatic rings. The Morgan fingerprint density at radius 1 is 1.26 bits per heavy atom. The lowest BCUT2D eigenvalue weighted by Crippen LogP contribution is -2.43. The molecule has 0 bridgehead atoms. The summed E-state index contributed by atoms with van der Waals surface area (Å²) in [4.78, 5) is 6.71. The van der Waals surface area contributed by atoms with Crippen molar-refractivity contribution >= 4 is 29.9 Å². The smallest absolute Gasteiger partial charge is 0.191 e. The molecule has 0 heterocycles. The summed E-state index contributed by atoms with van der Waals surface area (Å²) in [5.41, 5.74) is 0. The van der Waals surface area contributed by atoms with Gasteiger partial charge in [-0.2, -0.15) is 0 Å². The number of likely N-dealkylation sites (N-methyl/N-ethyl adjacent to an activating group) is 1. The van der Waals surface area contributed by atoms with E-state index in [2.05, 4.69) is 41.4 Å². The molecule has 0 unspecified atom stereocenters. The van der Waals surface area contributed by atoms with Gasteiger partial charge in [0.15, 0.2) is 5.96 Å². The number of halogens is 1. The maximum atomic E-state index is 4.23. The quantitative estimate of drug-likeness (QED) is 0.421. The van der Waals surface area contributed by atoms with Crippen LogP contribution in [0.4, 0.5) is 0 Å². The summed E-state index contributed by atoms with van der Waals surface area (Å²) in [7, 11) is 4.07. The molecule has 2 N–H and O–H groups in total. The Balaban J connectivity index is 0.00000324.